The lowest BCUT2D eigenvalue weighted by Gasteiger charge is -2.37. The Hall–Kier alpha value is -3.24. The molecule has 0 aromatic heterocycles. The van der Waals surface area contributed by atoms with Gasteiger partial charge in [-0.25, -0.2) is 9.59 Å². The maximum Gasteiger partial charge on any atom is 0.442 e. The smallest absolute Gasteiger partial charge is 0.442 e. The molecule has 5 nitrogen and oxygen atoms in total. The van der Waals surface area contributed by atoms with Crippen LogP contribution in [-0.2, 0) is 5.60 Å². The number of aromatic carboxylic acids is 2. The summed E-state index contributed by atoms with van der Waals surface area (Å²) in [4.78, 5) is 22.1. The fourth-order valence-electron chi connectivity index (χ4n) is 2.46. The molecule has 2 aromatic rings. The molecular weight excluding hydrogens is 398 g/mol. The molecule has 2 N–H and O–H groups in total. The lowest BCUT2D eigenvalue weighted by molar-refractivity contribution is -0.365. The zero-order chi connectivity index (χ0) is 21.3. The van der Waals surface area contributed by atoms with Crippen molar-refractivity contribution in [1.29, 1.82) is 0 Å². The molecule has 11 heteroatoms. The third-order valence-corrected chi connectivity index (χ3v) is 3.70. The molecule has 0 radical (unpaired) electrons. The van der Waals surface area contributed by atoms with Gasteiger partial charge in [-0.2, -0.15) is 26.3 Å². The standard InChI is InChI=1S/C17H10F6O5/c18-16(19,20)15(17(21,22)23,9-4-2-1-3-5-9)28-10-6-7-11(13(24)25)12(8-10)14(26)27/h1-8H,(H,24,25)(H,26,27). The van der Waals surface area contributed by atoms with Crippen molar-refractivity contribution < 1.29 is 50.9 Å². The average molecular weight is 408 g/mol. The Kier molecular flexibility index (Phi) is 5.31. The van der Waals surface area contributed by atoms with Crippen molar-refractivity contribution in [1.82, 2.24) is 0 Å². The first-order chi connectivity index (χ1) is 12.8. The molecule has 150 valence electrons. The highest BCUT2D eigenvalue weighted by molar-refractivity contribution is 6.02. The minimum Gasteiger partial charge on any atom is -0.478 e. The van der Waals surface area contributed by atoms with Crippen LogP contribution >= 0.6 is 0 Å². The van der Waals surface area contributed by atoms with Gasteiger partial charge >= 0.3 is 29.9 Å². The molecule has 0 aliphatic rings. The van der Waals surface area contributed by atoms with Gasteiger partial charge in [0.05, 0.1) is 11.1 Å². The van der Waals surface area contributed by atoms with Crippen LogP contribution in [-0.4, -0.2) is 34.5 Å². The largest absolute Gasteiger partial charge is 0.478 e. The number of hydrogen-bond donors (Lipinski definition) is 2. The minimum atomic E-state index is -5.98. The molecule has 0 bridgehead atoms. The number of carbonyl (C=O) groups is 2. The predicted molar refractivity (Wildman–Crippen MR) is 81.2 cm³/mol. The molecule has 28 heavy (non-hydrogen) atoms. The number of rotatable bonds is 5. The fourth-order valence-corrected chi connectivity index (χ4v) is 2.46. The van der Waals surface area contributed by atoms with Crippen molar-refractivity contribution in [2.24, 2.45) is 0 Å². The van der Waals surface area contributed by atoms with Crippen LogP contribution < -0.4 is 4.74 Å². The lowest BCUT2D eigenvalue weighted by Crippen LogP contribution is -2.58. The number of halogens is 6. The van der Waals surface area contributed by atoms with Gasteiger partial charge in [0, 0.05) is 5.56 Å². The number of alkyl halides is 6. The van der Waals surface area contributed by atoms with E-state index in [-0.39, 0.29) is 0 Å². The first kappa shape index (κ1) is 21.1. The van der Waals surface area contributed by atoms with Crippen LogP contribution in [0.25, 0.3) is 0 Å². The molecule has 0 amide bonds. The summed E-state index contributed by atoms with van der Waals surface area (Å²) in [6, 6.07) is 5.57. The highest BCUT2D eigenvalue weighted by Crippen LogP contribution is 2.52. The summed E-state index contributed by atoms with van der Waals surface area (Å²) in [6.45, 7) is 0. The summed E-state index contributed by atoms with van der Waals surface area (Å²) in [5.74, 6) is -4.72. The lowest BCUT2D eigenvalue weighted by atomic mass is 9.91. The summed E-state index contributed by atoms with van der Waals surface area (Å²) < 4.78 is 86.3. The maximum atomic E-state index is 13.7. The molecular formula is C17H10F6O5. The van der Waals surface area contributed by atoms with Crippen LogP contribution in [0.15, 0.2) is 48.5 Å². The van der Waals surface area contributed by atoms with E-state index in [1.807, 2.05) is 0 Å². The third kappa shape index (κ3) is 3.59. The second kappa shape index (κ2) is 7.06. The van der Waals surface area contributed by atoms with Gasteiger partial charge in [0.1, 0.15) is 5.75 Å². The summed E-state index contributed by atoms with van der Waals surface area (Å²) in [5.41, 5.74) is -7.95. The number of ether oxygens (including phenoxy) is 1. The zero-order valence-electron chi connectivity index (χ0n) is 13.5. The molecule has 0 atom stereocenters. The minimum absolute atomic E-state index is 0.293. The van der Waals surface area contributed by atoms with Gasteiger partial charge in [0.15, 0.2) is 0 Å². The third-order valence-electron chi connectivity index (χ3n) is 3.70. The quantitative estimate of drug-likeness (QED) is 0.713. The molecule has 0 aliphatic carbocycles. The van der Waals surface area contributed by atoms with Crippen molar-refractivity contribution in [2.75, 3.05) is 0 Å². The molecule has 0 saturated carbocycles. The topological polar surface area (TPSA) is 83.8 Å². The molecule has 0 aliphatic heterocycles. The fraction of sp³-hybridized carbons (Fsp3) is 0.176. The van der Waals surface area contributed by atoms with Gasteiger partial charge in [-0.15, -0.1) is 0 Å². The molecule has 0 heterocycles. The van der Waals surface area contributed by atoms with Gasteiger partial charge in [-0.05, 0) is 18.2 Å². The van der Waals surface area contributed by atoms with Gasteiger partial charge in [0.25, 0.3) is 0 Å². The molecule has 2 aromatic carbocycles. The van der Waals surface area contributed by atoms with Crippen LogP contribution in [0.2, 0.25) is 0 Å². The normalized spacial score (nSPS) is 12.5. The second-order valence-electron chi connectivity index (χ2n) is 5.46. The highest BCUT2D eigenvalue weighted by Gasteiger charge is 2.74. The van der Waals surface area contributed by atoms with Gasteiger partial charge in [0.2, 0.25) is 0 Å². The SMILES string of the molecule is O=C(O)c1ccc(OC(c2ccccc2)(C(F)(F)F)C(F)(F)F)cc1C(=O)O. The van der Waals surface area contributed by atoms with E-state index in [0.29, 0.717) is 30.3 Å². The van der Waals surface area contributed by atoms with Crippen LogP contribution in [0.1, 0.15) is 26.3 Å². The molecule has 2 rings (SSSR count). The van der Waals surface area contributed by atoms with E-state index in [1.54, 1.807) is 0 Å². The Morgan fingerprint density at radius 2 is 1.25 bits per heavy atom. The van der Waals surface area contributed by atoms with E-state index < -0.39 is 52.3 Å². The van der Waals surface area contributed by atoms with Gasteiger partial charge in [-0.1, -0.05) is 30.3 Å². The van der Waals surface area contributed by atoms with Gasteiger partial charge in [-0.3, -0.25) is 0 Å². The van der Waals surface area contributed by atoms with Crippen molar-refractivity contribution in [3.8, 4) is 5.75 Å². The summed E-state index contributed by atoms with van der Waals surface area (Å²) >= 11 is 0. The van der Waals surface area contributed by atoms with E-state index >= 15 is 0 Å². The number of benzene rings is 2. The Bertz CT molecular complexity index is 875. The van der Waals surface area contributed by atoms with Crippen LogP contribution in [0, 0.1) is 0 Å². The summed E-state index contributed by atoms with van der Waals surface area (Å²) in [7, 11) is 0. The monoisotopic (exact) mass is 408 g/mol. The predicted octanol–water partition coefficient (Wildman–Crippen LogP) is 4.48. The highest BCUT2D eigenvalue weighted by atomic mass is 19.4. The first-order valence-electron chi connectivity index (χ1n) is 7.30. The Morgan fingerprint density at radius 1 is 0.750 bits per heavy atom. The number of carboxylic acid groups (broad SMARTS) is 2. The Labute approximate surface area is 152 Å². The van der Waals surface area contributed by atoms with Crippen LogP contribution in [0.5, 0.6) is 5.75 Å². The average Bonchev–Trinajstić information content (AvgIpc) is 2.57. The van der Waals surface area contributed by atoms with Gasteiger partial charge < -0.3 is 14.9 Å². The number of hydrogen-bond acceptors (Lipinski definition) is 3. The van der Waals surface area contributed by atoms with Crippen molar-refractivity contribution in [2.45, 2.75) is 18.0 Å². The van der Waals surface area contributed by atoms with E-state index in [9.17, 15) is 35.9 Å². The zero-order valence-corrected chi connectivity index (χ0v) is 13.5. The molecule has 0 fully saturated rings. The summed E-state index contributed by atoms with van der Waals surface area (Å²) in [5, 5.41) is 17.9. The number of carboxylic acids is 2. The van der Waals surface area contributed by atoms with Crippen LogP contribution in [0.3, 0.4) is 0 Å². The van der Waals surface area contributed by atoms with Crippen molar-refractivity contribution >= 4 is 11.9 Å². The Morgan fingerprint density at radius 3 is 1.68 bits per heavy atom. The molecule has 0 unspecified atom stereocenters. The molecule has 0 saturated heterocycles. The van der Waals surface area contributed by atoms with E-state index in [0.717, 1.165) is 12.1 Å². The second-order valence-corrected chi connectivity index (χ2v) is 5.46. The first-order valence-corrected chi connectivity index (χ1v) is 7.30. The summed E-state index contributed by atoms with van der Waals surface area (Å²) in [6.07, 6.45) is -12.0. The Balaban J connectivity index is 2.73. The van der Waals surface area contributed by atoms with E-state index in [4.69, 9.17) is 10.2 Å². The van der Waals surface area contributed by atoms with Crippen LogP contribution in [0.4, 0.5) is 26.3 Å². The van der Waals surface area contributed by atoms with E-state index in [2.05, 4.69) is 4.74 Å². The maximum absolute atomic E-state index is 13.7. The van der Waals surface area contributed by atoms with E-state index in [1.165, 1.54) is 6.07 Å². The van der Waals surface area contributed by atoms with Crippen molar-refractivity contribution in [3.63, 3.8) is 0 Å². The molecule has 0 spiro atoms. The van der Waals surface area contributed by atoms with Crippen molar-refractivity contribution in [3.05, 3.63) is 65.2 Å².